The molecule has 0 aliphatic carbocycles. The van der Waals surface area contributed by atoms with Gasteiger partial charge < -0.3 is 19.1 Å². The van der Waals surface area contributed by atoms with E-state index in [4.69, 9.17) is 14.2 Å². The number of methoxy groups -OCH3 is 1. The number of hydrogen-bond acceptors (Lipinski definition) is 5. The lowest BCUT2D eigenvalue weighted by Gasteiger charge is -2.34. The molecule has 2 aromatic carbocycles. The standard InChI is InChI=1S/C24H30N2O4/c1-3-7-20-10-11-22(23(18-20)28-2)30-19-24(27)26-14-12-25(13-15-26)16-17-29-21-8-5-4-6-9-21/h3-11,18H,12-17,19H2,1-2H3. The van der Waals surface area contributed by atoms with Crippen LogP contribution in [0.5, 0.6) is 17.2 Å². The highest BCUT2D eigenvalue weighted by atomic mass is 16.5. The lowest BCUT2D eigenvalue weighted by atomic mass is 10.2. The molecule has 160 valence electrons. The summed E-state index contributed by atoms with van der Waals surface area (Å²) in [5, 5.41) is 0. The largest absolute Gasteiger partial charge is 0.493 e. The van der Waals surface area contributed by atoms with Gasteiger partial charge in [0.2, 0.25) is 0 Å². The Bertz CT molecular complexity index is 830. The number of rotatable bonds is 9. The zero-order valence-corrected chi connectivity index (χ0v) is 17.8. The molecule has 6 nitrogen and oxygen atoms in total. The molecule has 1 saturated heterocycles. The number of carbonyl (C=O) groups excluding carboxylic acids is 1. The first-order valence-electron chi connectivity index (χ1n) is 10.3. The molecule has 6 heteroatoms. The van der Waals surface area contributed by atoms with Crippen molar-refractivity contribution in [3.05, 3.63) is 60.2 Å². The summed E-state index contributed by atoms with van der Waals surface area (Å²) >= 11 is 0. The maximum absolute atomic E-state index is 12.6. The topological polar surface area (TPSA) is 51.2 Å². The quantitative estimate of drug-likeness (QED) is 0.635. The van der Waals surface area contributed by atoms with Gasteiger partial charge >= 0.3 is 0 Å². The molecule has 30 heavy (non-hydrogen) atoms. The Labute approximate surface area is 178 Å². The highest BCUT2D eigenvalue weighted by molar-refractivity contribution is 5.78. The number of hydrogen-bond donors (Lipinski definition) is 0. The van der Waals surface area contributed by atoms with Crippen molar-refractivity contribution in [3.63, 3.8) is 0 Å². The number of carbonyl (C=O) groups is 1. The molecule has 0 atom stereocenters. The van der Waals surface area contributed by atoms with E-state index in [0.717, 1.165) is 30.9 Å². The second-order valence-electron chi connectivity index (χ2n) is 7.08. The van der Waals surface area contributed by atoms with Gasteiger partial charge in [-0.1, -0.05) is 36.4 Å². The molecule has 0 aromatic heterocycles. The molecule has 0 radical (unpaired) electrons. The fourth-order valence-electron chi connectivity index (χ4n) is 3.36. The van der Waals surface area contributed by atoms with E-state index in [9.17, 15) is 4.79 Å². The van der Waals surface area contributed by atoms with Crippen molar-refractivity contribution in [2.24, 2.45) is 0 Å². The first-order chi connectivity index (χ1) is 14.7. The van der Waals surface area contributed by atoms with Gasteiger partial charge in [-0.15, -0.1) is 0 Å². The normalized spacial score (nSPS) is 14.7. The van der Waals surface area contributed by atoms with Crippen LogP contribution < -0.4 is 14.2 Å². The van der Waals surface area contributed by atoms with Crippen LogP contribution in [0.1, 0.15) is 12.5 Å². The van der Waals surface area contributed by atoms with Gasteiger partial charge in [0, 0.05) is 32.7 Å². The smallest absolute Gasteiger partial charge is 0.260 e. The highest BCUT2D eigenvalue weighted by Crippen LogP contribution is 2.28. The zero-order chi connectivity index (χ0) is 21.2. The number of nitrogens with zero attached hydrogens (tertiary/aromatic N) is 2. The average molecular weight is 411 g/mol. The predicted molar refractivity (Wildman–Crippen MR) is 118 cm³/mol. The molecular formula is C24H30N2O4. The van der Waals surface area contributed by atoms with Gasteiger partial charge in [-0.3, -0.25) is 9.69 Å². The Hall–Kier alpha value is -2.99. The lowest BCUT2D eigenvalue weighted by molar-refractivity contribution is -0.135. The monoisotopic (exact) mass is 410 g/mol. The SMILES string of the molecule is CC=Cc1ccc(OCC(=O)N2CCN(CCOc3ccccc3)CC2)c(OC)c1. The fourth-order valence-corrected chi connectivity index (χ4v) is 3.36. The molecule has 1 heterocycles. The van der Waals surface area contributed by atoms with Gasteiger partial charge in [0.25, 0.3) is 5.91 Å². The molecule has 0 bridgehead atoms. The summed E-state index contributed by atoms with van der Waals surface area (Å²) in [5.74, 6) is 2.09. The predicted octanol–water partition coefficient (Wildman–Crippen LogP) is 3.33. The summed E-state index contributed by atoms with van der Waals surface area (Å²) in [6.07, 6.45) is 3.95. The molecule has 3 rings (SSSR count). The molecule has 1 aliphatic heterocycles. The van der Waals surface area contributed by atoms with E-state index in [-0.39, 0.29) is 12.5 Å². The summed E-state index contributed by atoms with van der Waals surface area (Å²) in [7, 11) is 1.60. The molecule has 0 unspecified atom stereocenters. The zero-order valence-electron chi connectivity index (χ0n) is 17.8. The van der Waals surface area contributed by atoms with Crippen LogP contribution in [0.15, 0.2) is 54.6 Å². The van der Waals surface area contributed by atoms with Crippen molar-refractivity contribution >= 4 is 12.0 Å². The first kappa shape index (κ1) is 21.7. The van der Waals surface area contributed by atoms with Crippen molar-refractivity contribution in [2.75, 3.05) is 53.0 Å². The molecule has 1 amide bonds. The van der Waals surface area contributed by atoms with Crippen LogP contribution >= 0.6 is 0 Å². The summed E-state index contributed by atoms with van der Waals surface area (Å²) in [6.45, 7) is 6.54. The van der Waals surface area contributed by atoms with E-state index < -0.39 is 0 Å². The first-order valence-corrected chi connectivity index (χ1v) is 10.3. The van der Waals surface area contributed by atoms with Crippen LogP contribution in [-0.2, 0) is 4.79 Å². The van der Waals surface area contributed by atoms with E-state index in [1.165, 1.54) is 0 Å². The van der Waals surface area contributed by atoms with Crippen molar-refractivity contribution in [1.29, 1.82) is 0 Å². The van der Waals surface area contributed by atoms with E-state index in [1.807, 2.05) is 72.5 Å². The summed E-state index contributed by atoms with van der Waals surface area (Å²) in [6, 6.07) is 15.5. The number of ether oxygens (including phenoxy) is 3. The summed E-state index contributed by atoms with van der Waals surface area (Å²) < 4.78 is 16.9. The van der Waals surface area contributed by atoms with Crippen LogP contribution in [0.3, 0.4) is 0 Å². The third kappa shape index (κ3) is 6.26. The van der Waals surface area contributed by atoms with Gasteiger partial charge in [-0.2, -0.15) is 0 Å². The van der Waals surface area contributed by atoms with Gasteiger partial charge in [0.15, 0.2) is 18.1 Å². The van der Waals surface area contributed by atoms with Crippen LogP contribution in [0.25, 0.3) is 6.08 Å². The molecular weight excluding hydrogens is 380 g/mol. The van der Waals surface area contributed by atoms with Crippen LogP contribution in [0.4, 0.5) is 0 Å². The van der Waals surface area contributed by atoms with Crippen LogP contribution in [-0.4, -0.2) is 68.8 Å². The molecule has 2 aromatic rings. The maximum atomic E-state index is 12.6. The Balaban J connectivity index is 1.40. The van der Waals surface area contributed by atoms with Crippen LogP contribution in [0, 0.1) is 0 Å². The molecule has 0 saturated carbocycles. The second kappa shape index (κ2) is 11.3. The minimum absolute atomic E-state index is 0.00484. The number of allylic oxidation sites excluding steroid dienone is 1. The minimum atomic E-state index is -0.00484. The van der Waals surface area contributed by atoms with Gasteiger partial charge in [0.05, 0.1) is 7.11 Å². The van der Waals surface area contributed by atoms with Gasteiger partial charge in [0.1, 0.15) is 12.4 Å². The summed E-state index contributed by atoms with van der Waals surface area (Å²) in [4.78, 5) is 16.7. The number of piperazine rings is 1. The third-order valence-corrected chi connectivity index (χ3v) is 5.04. The van der Waals surface area contributed by atoms with E-state index in [1.54, 1.807) is 7.11 Å². The molecule has 1 fully saturated rings. The Morgan fingerprint density at radius 1 is 1.00 bits per heavy atom. The Morgan fingerprint density at radius 2 is 1.77 bits per heavy atom. The highest BCUT2D eigenvalue weighted by Gasteiger charge is 2.21. The Morgan fingerprint density at radius 3 is 2.47 bits per heavy atom. The van der Waals surface area contributed by atoms with Crippen molar-refractivity contribution < 1.29 is 19.0 Å². The van der Waals surface area contributed by atoms with Crippen molar-refractivity contribution in [3.8, 4) is 17.2 Å². The second-order valence-corrected chi connectivity index (χ2v) is 7.08. The number of benzene rings is 2. The van der Waals surface area contributed by atoms with Crippen LogP contribution in [0.2, 0.25) is 0 Å². The molecule has 0 spiro atoms. The Kier molecular flexibility index (Phi) is 8.15. The van der Waals surface area contributed by atoms with Crippen molar-refractivity contribution in [2.45, 2.75) is 6.92 Å². The fraction of sp³-hybridized carbons (Fsp3) is 0.375. The summed E-state index contributed by atoms with van der Waals surface area (Å²) in [5.41, 5.74) is 1.03. The molecule has 0 N–H and O–H groups in total. The van der Waals surface area contributed by atoms with Gasteiger partial charge in [-0.25, -0.2) is 0 Å². The van der Waals surface area contributed by atoms with E-state index >= 15 is 0 Å². The number of amides is 1. The lowest BCUT2D eigenvalue weighted by Crippen LogP contribution is -2.50. The average Bonchev–Trinajstić information content (AvgIpc) is 2.79. The van der Waals surface area contributed by atoms with Gasteiger partial charge in [-0.05, 0) is 36.8 Å². The van der Waals surface area contributed by atoms with Crippen molar-refractivity contribution in [1.82, 2.24) is 9.80 Å². The third-order valence-electron chi connectivity index (χ3n) is 5.04. The van der Waals surface area contributed by atoms with E-state index in [2.05, 4.69) is 4.90 Å². The maximum Gasteiger partial charge on any atom is 0.260 e. The minimum Gasteiger partial charge on any atom is -0.493 e. The van der Waals surface area contributed by atoms with E-state index in [0.29, 0.717) is 31.2 Å². The molecule has 1 aliphatic rings. The number of para-hydroxylation sites is 1.